The van der Waals surface area contributed by atoms with E-state index in [4.69, 9.17) is 0 Å². The molecule has 2 rings (SSSR count). The third-order valence-corrected chi connectivity index (χ3v) is 2.17. The van der Waals surface area contributed by atoms with Crippen molar-refractivity contribution in [2.24, 2.45) is 0 Å². The fraction of sp³-hybridized carbons (Fsp3) is 0.556. The zero-order valence-corrected chi connectivity index (χ0v) is 7.75. The molecule has 0 aromatic carbocycles. The molecule has 1 aliphatic rings. The highest BCUT2D eigenvalue weighted by Crippen LogP contribution is 2.07. The fourth-order valence-electron chi connectivity index (χ4n) is 1.52. The van der Waals surface area contributed by atoms with E-state index in [9.17, 15) is 0 Å². The zero-order valence-electron chi connectivity index (χ0n) is 7.75. The topological polar surface area (TPSA) is 49.8 Å². The number of nitrogens with one attached hydrogen (secondary N) is 2. The van der Waals surface area contributed by atoms with Gasteiger partial charge in [-0.15, -0.1) is 0 Å². The molecule has 13 heavy (non-hydrogen) atoms. The van der Waals surface area contributed by atoms with Crippen molar-refractivity contribution < 1.29 is 0 Å². The van der Waals surface area contributed by atoms with E-state index >= 15 is 0 Å². The number of aryl methyl sites for hydroxylation is 1. The minimum atomic E-state index is 0.510. The van der Waals surface area contributed by atoms with Crippen molar-refractivity contribution >= 4 is 5.82 Å². The van der Waals surface area contributed by atoms with Crippen molar-refractivity contribution in [3.05, 3.63) is 18.1 Å². The molecule has 1 unspecified atom stereocenters. The number of anilines is 1. The second-order valence-corrected chi connectivity index (χ2v) is 3.38. The maximum atomic E-state index is 4.34. The largest absolute Gasteiger partial charge is 0.365 e. The van der Waals surface area contributed by atoms with E-state index in [0.29, 0.717) is 6.04 Å². The van der Waals surface area contributed by atoms with Gasteiger partial charge in [-0.1, -0.05) is 0 Å². The van der Waals surface area contributed by atoms with Gasteiger partial charge in [0.25, 0.3) is 0 Å². The number of rotatable bonds is 2. The summed E-state index contributed by atoms with van der Waals surface area (Å²) in [6.45, 7) is 4.07. The summed E-state index contributed by atoms with van der Waals surface area (Å²) in [5, 5.41) is 6.64. The van der Waals surface area contributed by atoms with Crippen LogP contribution in [0.25, 0.3) is 0 Å². The van der Waals surface area contributed by atoms with Gasteiger partial charge >= 0.3 is 0 Å². The Morgan fingerprint density at radius 1 is 1.54 bits per heavy atom. The molecule has 2 N–H and O–H groups in total. The van der Waals surface area contributed by atoms with Crippen LogP contribution in [0.15, 0.2) is 12.4 Å². The predicted octanol–water partition coefficient (Wildman–Crippen LogP) is 0.559. The summed E-state index contributed by atoms with van der Waals surface area (Å²) < 4.78 is 0. The third kappa shape index (κ3) is 2.15. The molecule has 0 aliphatic carbocycles. The molecule has 70 valence electrons. The molecule has 4 heteroatoms. The Labute approximate surface area is 77.8 Å². The predicted molar refractivity (Wildman–Crippen MR) is 51.7 cm³/mol. The van der Waals surface area contributed by atoms with Gasteiger partial charge in [0.05, 0.1) is 11.9 Å². The van der Waals surface area contributed by atoms with E-state index in [2.05, 4.69) is 20.6 Å². The number of nitrogens with zero attached hydrogens (tertiary/aromatic N) is 2. The number of hydrogen-bond donors (Lipinski definition) is 2. The summed E-state index contributed by atoms with van der Waals surface area (Å²) in [6.07, 6.45) is 4.69. The first-order valence-electron chi connectivity index (χ1n) is 4.60. The van der Waals surface area contributed by atoms with Crippen LogP contribution in [0, 0.1) is 6.92 Å². The Bertz CT molecular complexity index is 281. The van der Waals surface area contributed by atoms with Gasteiger partial charge in [-0.2, -0.15) is 0 Å². The molecule has 0 amide bonds. The Balaban J connectivity index is 2.00. The normalized spacial score (nSPS) is 21.8. The average molecular weight is 178 g/mol. The van der Waals surface area contributed by atoms with E-state index in [0.717, 1.165) is 31.0 Å². The lowest BCUT2D eigenvalue weighted by Gasteiger charge is -2.11. The van der Waals surface area contributed by atoms with Crippen LogP contribution in [-0.2, 0) is 0 Å². The smallest absolute Gasteiger partial charge is 0.145 e. The summed E-state index contributed by atoms with van der Waals surface area (Å²) in [5.74, 6) is 0.883. The second-order valence-electron chi connectivity index (χ2n) is 3.38. The molecule has 1 aromatic rings. The van der Waals surface area contributed by atoms with Gasteiger partial charge in [0.2, 0.25) is 0 Å². The van der Waals surface area contributed by atoms with Crippen LogP contribution in [0.1, 0.15) is 12.1 Å². The van der Waals surface area contributed by atoms with Crippen LogP contribution in [0.4, 0.5) is 5.82 Å². The van der Waals surface area contributed by atoms with Crippen molar-refractivity contribution in [2.75, 3.05) is 18.4 Å². The van der Waals surface area contributed by atoms with Crippen molar-refractivity contribution in [1.82, 2.24) is 15.3 Å². The molecule has 2 heterocycles. The molecule has 1 saturated heterocycles. The quantitative estimate of drug-likeness (QED) is 0.694. The van der Waals surface area contributed by atoms with Crippen LogP contribution in [0.5, 0.6) is 0 Å². The van der Waals surface area contributed by atoms with Crippen LogP contribution in [0.2, 0.25) is 0 Å². The highest BCUT2D eigenvalue weighted by molar-refractivity contribution is 5.33. The lowest BCUT2D eigenvalue weighted by atomic mass is 10.2. The number of aromatic nitrogens is 2. The summed E-state index contributed by atoms with van der Waals surface area (Å²) >= 11 is 0. The highest BCUT2D eigenvalue weighted by Gasteiger charge is 2.13. The molecule has 4 nitrogen and oxygen atoms in total. The maximum absolute atomic E-state index is 4.34. The summed E-state index contributed by atoms with van der Waals surface area (Å²) in [6, 6.07) is 0.510. The van der Waals surface area contributed by atoms with Crippen molar-refractivity contribution in [3.63, 3.8) is 0 Å². The Kier molecular flexibility index (Phi) is 2.40. The van der Waals surface area contributed by atoms with E-state index in [-0.39, 0.29) is 0 Å². The Morgan fingerprint density at radius 3 is 3.15 bits per heavy atom. The van der Waals surface area contributed by atoms with Gasteiger partial charge < -0.3 is 10.6 Å². The van der Waals surface area contributed by atoms with Crippen molar-refractivity contribution in [2.45, 2.75) is 19.4 Å². The third-order valence-electron chi connectivity index (χ3n) is 2.17. The standard InChI is InChI=1S/C9H14N4/c1-7-4-11-6-9(12-7)13-8-2-3-10-5-8/h4,6,8,10H,2-3,5H2,1H3,(H,12,13). The molecule has 1 fully saturated rings. The monoisotopic (exact) mass is 178 g/mol. The average Bonchev–Trinajstić information content (AvgIpc) is 2.57. The molecule has 1 atom stereocenters. The van der Waals surface area contributed by atoms with Gasteiger partial charge in [-0.25, -0.2) is 4.98 Å². The molecule has 0 radical (unpaired) electrons. The minimum Gasteiger partial charge on any atom is -0.365 e. The minimum absolute atomic E-state index is 0.510. The Morgan fingerprint density at radius 2 is 2.46 bits per heavy atom. The molecule has 1 aliphatic heterocycles. The van der Waals surface area contributed by atoms with Crippen LogP contribution < -0.4 is 10.6 Å². The van der Waals surface area contributed by atoms with Gasteiger partial charge in [0.1, 0.15) is 5.82 Å². The summed E-state index contributed by atoms with van der Waals surface area (Å²) in [7, 11) is 0. The van der Waals surface area contributed by atoms with Gasteiger partial charge in [-0.05, 0) is 19.9 Å². The van der Waals surface area contributed by atoms with E-state index in [1.165, 1.54) is 0 Å². The molecule has 0 saturated carbocycles. The molecule has 0 bridgehead atoms. The molecule has 1 aromatic heterocycles. The Hall–Kier alpha value is -1.16. The summed E-state index contributed by atoms with van der Waals surface area (Å²) in [4.78, 5) is 8.42. The fourth-order valence-corrected chi connectivity index (χ4v) is 1.52. The van der Waals surface area contributed by atoms with Crippen LogP contribution in [0.3, 0.4) is 0 Å². The second kappa shape index (κ2) is 3.70. The lowest BCUT2D eigenvalue weighted by Crippen LogP contribution is -2.22. The lowest BCUT2D eigenvalue weighted by molar-refractivity contribution is 0.785. The SMILES string of the molecule is Cc1cncc(NC2CCNC2)n1. The molecular weight excluding hydrogens is 164 g/mol. The van der Waals surface area contributed by atoms with Crippen molar-refractivity contribution in [1.29, 1.82) is 0 Å². The first kappa shape index (κ1) is 8.44. The van der Waals surface area contributed by atoms with Crippen LogP contribution in [-0.4, -0.2) is 29.1 Å². The highest BCUT2D eigenvalue weighted by atomic mass is 15.1. The molecule has 0 spiro atoms. The van der Waals surface area contributed by atoms with E-state index in [1.807, 2.05) is 6.92 Å². The van der Waals surface area contributed by atoms with Gasteiger partial charge in [-0.3, -0.25) is 4.98 Å². The number of hydrogen-bond acceptors (Lipinski definition) is 4. The van der Waals surface area contributed by atoms with Crippen molar-refractivity contribution in [3.8, 4) is 0 Å². The maximum Gasteiger partial charge on any atom is 0.145 e. The summed E-state index contributed by atoms with van der Waals surface area (Å²) in [5.41, 5.74) is 0.955. The first-order valence-corrected chi connectivity index (χ1v) is 4.60. The van der Waals surface area contributed by atoms with Gasteiger partial charge in [0.15, 0.2) is 0 Å². The van der Waals surface area contributed by atoms with Crippen LogP contribution >= 0.6 is 0 Å². The van der Waals surface area contributed by atoms with E-state index in [1.54, 1.807) is 12.4 Å². The van der Waals surface area contributed by atoms with E-state index < -0.39 is 0 Å². The molecular formula is C9H14N4. The first-order chi connectivity index (χ1) is 6.34. The zero-order chi connectivity index (χ0) is 9.10. The van der Waals surface area contributed by atoms with Gasteiger partial charge in [0, 0.05) is 18.8 Å².